The summed E-state index contributed by atoms with van der Waals surface area (Å²) in [4.78, 5) is 12.3. The average molecular weight is 348 g/mol. The third-order valence-electron chi connectivity index (χ3n) is 3.84. The van der Waals surface area contributed by atoms with E-state index >= 15 is 0 Å². The minimum absolute atomic E-state index is 0.310. The first-order chi connectivity index (χ1) is 11.5. The maximum Gasteiger partial charge on any atom is 0.275 e. The fourth-order valence-corrected chi connectivity index (χ4v) is 2.76. The Bertz CT molecular complexity index is 857. The molecule has 3 aromatic rings. The smallest absolute Gasteiger partial charge is 0.275 e. The van der Waals surface area contributed by atoms with E-state index in [4.69, 9.17) is 11.6 Å². The molecule has 3 aromatic heterocycles. The summed E-state index contributed by atoms with van der Waals surface area (Å²) in [6, 6.07) is 0. The highest BCUT2D eigenvalue weighted by Crippen LogP contribution is 2.17. The van der Waals surface area contributed by atoms with Gasteiger partial charge in [-0.3, -0.25) is 18.8 Å². The molecule has 1 N–H and O–H groups in total. The van der Waals surface area contributed by atoms with Crippen LogP contribution in [0.5, 0.6) is 0 Å². The number of hydrogen-bond donors (Lipinski definition) is 1. The van der Waals surface area contributed by atoms with Crippen LogP contribution in [0.1, 0.15) is 28.7 Å². The minimum atomic E-state index is -0.325. The zero-order chi connectivity index (χ0) is 17.3. The molecule has 126 valence electrons. The van der Waals surface area contributed by atoms with Crippen LogP contribution in [-0.2, 0) is 20.1 Å². The van der Waals surface area contributed by atoms with Crippen LogP contribution in [0.2, 0.25) is 5.02 Å². The fourth-order valence-electron chi connectivity index (χ4n) is 2.50. The zero-order valence-electron chi connectivity index (χ0n) is 13.7. The van der Waals surface area contributed by atoms with Crippen LogP contribution in [0.25, 0.3) is 0 Å². The minimum Gasteiger partial charge on any atom is -0.318 e. The van der Waals surface area contributed by atoms with Gasteiger partial charge < -0.3 is 5.32 Å². The van der Waals surface area contributed by atoms with Crippen LogP contribution >= 0.6 is 11.6 Å². The molecular weight excluding hydrogens is 330 g/mol. The lowest BCUT2D eigenvalue weighted by molar-refractivity contribution is 0.101. The van der Waals surface area contributed by atoms with E-state index in [9.17, 15) is 4.79 Å². The predicted octanol–water partition coefficient (Wildman–Crippen LogP) is 2.10. The zero-order valence-corrected chi connectivity index (χ0v) is 14.4. The van der Waals surface area contributed by atoms with Crippen molar-refractivity contribution < 1.29 is 4.79 Å². The molecule has 0 bridgehead atoms. The van der Waals surface area contributed by atoms with E-state index in [0.29, 0.717) is 22.9 Å². The molecule has 0 radical (unpaired) electrons. The third-order valence-corrected chi connectivity index (χ3v) is 4.11. The molecule has 0 aliphatic rings. The van der Waals surface area contributed by atoms with Crippen molar-refractivity contribution in [3.63, 3.8) is 0 Å². The van der Waals surface area contributed by atoms with Crippen molar-refractivity contribution in [2.45, 2.75) is 26.9 Å². The second-order valence-electron chi connectivity index (χ2n) is 5.42. The van der Waals surface area contributed by atoms with E-state index < -0.39 is 0 Å². The topological polar surface area (TPSA) is 82.6 Å². The standard InChI is InChI=1S/C15H18ClN7O/c1-4-23-10(2)11(5-19-23)8-22-9-12(6-18-22)20-15(24)14-13(16)7-17-21(14)3/h5-7,9H,4,8H2,1-3H3,(H,20,24). The van der Waals surface area contributed by atoms with Crippen LogP contribution in [0.3, 0.4) is 0 Å². The number of aromatic nitrogens is 6. The molecule has 0 aliphatic heterocycles. The second-order valence-corrected chi connectivity index (χ2v) is 5.82. The number of rotatable bonds is 5. The Labute approximate surface area is 144 Å². The van der Waals surface area contributed by atoms with Crippen molar-refractivity contribution in [3.05, 3.63) is 46.8 Å². The van der Waals surface area contributed by atoms with Crippen LogP contribution in [0, 0.1) is 6.92 Å². The maximum absolute atomic E-state index is 12.3. The number of nitrogens with zero attached hydrogens (tertiary/aromatic N) is 6. The first-order valence-corrected chi connectivity index (χ1v) is 7.90. The van der Waals surface area contributed by atoms with E-state index in [2.05, 4.69) is 27.5 Å². The molecule has 0 saturated carbocycles. The Morgan fingerprint density at radius 2 is 2.04 bits per heavy atom. The lowest BCUT2D eigenvalue weighted by Gasteiger charge is -2.04. The molecule has 0 atom stereocenters. The van der Waals surface area contributed by atoms with Gasteiger partial charge in [-0.1, -0.05) is 11.6 Å². The molecule has 9 heteroatoms. The molecule has 0 spiro atoms. The van der Waals surface area contributed by atoms with Crippen molar-refractivity contribution in [3.8, 4) is 0 Å². The van der Waals surface area contributed by atoms with Crippen molar-refractivity contribution in [2.75, 3.05) is 5.32 Å². The number of amides is 1. The van der Waals surface area contributed by atoms with Gasteiger partial charge >= 0.3 is 0 Å². The Balaban J connectivity index is 1.71. The van der Waals surface area contributed by atoms with Gasteiger partial charge in [0.25, 0.3) is 5.91 Å². The number of anilines is 1. The van der Waals surface area contributed by atoms with Crippen molar-refractivity contribution in [1.82, 2.24) is 29.3 Å². The lowest BCUT2D eigenvalue weighted by atomic mass is 10.2. The van der Waals surface area contributed by atoms with Gasteiger partial charge in [-0.05, 0) is 13.8 Å². The summed E-state index contributed by atoms with van der Waals surface area (Å²) >= 11 is 5.98. The summed E-state index contributed by atoms with van der Waals surface area (Å²) in [7, 11) is 1.67. The quantitative estimate of drug-likeness (QED) is 0.766. The SMILES string of the molecule is CCn1ncc(Cn2cc(NC(=O)c3c(Cl)cnn3C)cn2)c1C. The van der Waals surface area contributed by atoms with E-state index in [0.717, 1.165) is 17.8 Å². The van der Waals surface area contributed by atoms with Crippen LogP contribution in [0.4, 0.5) is 5.69 Å². The van der Waals surface area contributed by atoms with Gasteiger partial charge in [-0.15, -0.1) is 0 Å². The molecule has 0 aliphatic carbocycles. The highest BCUT2D eigenvalue weighted by Gasteiger charge is 2.16. The van der Waals surface area contributed by atoms with Crippen LogP contribution in [0.15, 0.2) is 24.8 Å². The van der Waals surface area contributed by atoms with Crippen LogP contribution in [-0.4, -0.2) is 35.2 Å². The van der Waals surface area contributed by atoms with Gasteiger partial charge in [-0.2, -0.15) is 15.3 Å². The van der Waals surface area contributed by atoms with E-state index in [1.807, 2.05) is 17.8 Å². The third kappa shape index (κ3) is 3.05. The molecule has 24 heavy (non-hydrogen) atoms. The van der Waals surface area contributed by atoms with Crippen molar-refractivity contribution >= 4 is 23.2 Å². The number of carbonyl (C=O) groups is 1. The van der Waals surface area contributed by atoms with Gasteiger partial charge in [0.2, 0.25) is 0 Å². The Morgan fingerprint density at radius 1 is 1.25 bits per heavy atom. The number of halogens is 1. The maximum atomic E-state index is 12.3. The summed E-state index contributed by atoms with van der Waals surface area (Å²) < 4.78 is 5.13. The van der Waals surface area contributed by atoms with E-state index in [1.54, 1.807) is 24.1 Å². The molecule has 8 nitrogen and oxygen atoms in total. The van der Waals surface area contributed by atoms with Crippen molar-refractivity contribution in [2.24, 2.45) is 7.05 Å². The van der Waals surface area contributed by atoms with E-state index in [-0.39, 0.29) is 5.91 Å². The highest BCUT2D eigenvalue weighted by atomic mass is 35.5. The molecule has 3 rings (SSSR count). The fraction of sp³-hybridized carbons (Fsp3) is 0.333. The Morgan fingerprint density at radius 3 is 2.67 bits per heavy atom. The number of aryl methyl sites for hydroxylation is 2. The highest BCUT2D eigenvalue weighted by molar-refractivity contribution is 6.34. The Hall–Kier alpha value is -2.61. The Kier molecular flexibility index (Phi) is 4.39. The largest absolute Gasteiger partial charge is 0.318 e. The first kappa shape index (κ1) is 16.3. The van der Waals surface area contributed by atoms with Gasteiger partial charge in [-0.25, -0.2) is 0 Å². The predicted molar refractivity (Wildman–Crippen MR) is 90.1 cm³/mol. The normalized spacial score (nSPS) is 11.0. The number of carbonyl (C=O) groups excluding carboxylic acids is 1. The van der Waals surface area contributed by atoms with Gasteiger partial charge in [0, 0.05) is 31.0 Å². The number of nitrogens with one attached hydrogen (secondary N) is 1. The van der Waals surface area contributed by atoms with E-state index in [1.165, 1.54) is 10.9 Å². The van der Waals surface area contributed by atoms with Gasteiger partial charge in [0.15, 0.2) is 0 Å². The molecule has 1 amide bonds. The summed E-state index contributed by atoms with van der Waals surface area (Å²) in [5.41, 5.74) is 3.11. The molecule has 0 saturated heterocycles. The monoisotopic (exact) mass is 347 g/mol. The molecular formula is C15H18ClN7O. The molecule has 3 heterocycles. The summed E-state index contributed by atoms with van der Waals surface area (Å²) in [6.45, 7) is 5.50. The lowest BCUT2D eigenvalue weighted by Crippen LogP contribution is -2.16. The summed E-state index contributed by atoms with van der Waals surface area (Å²) in [5, 5.41) is 15.6. The summed E-state index contributed by atoms with van der Waals surface area (Å²) in [6.07, 6.45) is 6.65. The van der Waals surface area contributed by atoms with Crippen LogP contribution < -0.4 is 5.32 Å². The second kappa shape index (κ2) is 6.48. The van der Waals surface area contributed by atoms with Crippen molar-refractivity contribution in [1.29, 1.82) is 0 Å². The van der Waals surface area contributed by atoms with Gasteiger partial charge in [0.05, 0.1) is 35.8 Å². The van der Waals surface area contributed by atoms with Gasteiger partial charge in [0.1, 0.15) is 5.69 Å². The molecule has 0 aromatic carbocycles. The first-order valence-electron chi connectivity index (χ1n) is 7.52. The average Bonchev–Trinajstić information content (AvgIpc) is 3.21. The molecule has 0 fully saturated rings. The number of hydrogen-bond acceptors (Lipinski definition) is 4. The summed E-state index contributed by atoms with van der Waals surface area (Å²) in [5.74, 6) is -0.325. The molecule has 0 unspecified atom stereocenters.